The summed E-state index contributed by atoms with van der Waals surface area (Å²) >= 11 is 0. The molecule has 1 aliphatic heterocycles. The highest BCUT2D eigenvalue weighted by molar-refractivity contribution is 7.89. The van der Waals surface area contributed by atoms with E-state index in [1.54, 1.807) is 35.7 Å². The molecule has 5 nitrogen and oxygen atoms in total. The zero-order chi connectivity index (χ0) is 15.5. The lowest BCUT2D eigenvalue weighted by atomic mass is 9.93. The number of ether oxygens (including phenoxy) is 1. The predicted molar refractivity (Wildman–Crippen MR) is 83.0 cm³/mol. The first kappa shape index (κ1) is 16.3. The summed E-state index contributed by atoms with van der Waals surface area (Å²) in [6, 6.07) is 6.91. The van der Waals surface area contributed by atoms with Gasteiger partial charge < -0.3 is 10.1 Å². The lowest BCUT2D eigenvalue weighted by molar-refractivity contribution is 0.229. The molecule has 2 rings (SSSR count). The first-order valence-corrected chi connectivity index (χ1v) is 8.74. The van der Waals surface area contributed by atoms with E-state index < -0.39 is 10.0 Å². The monoisotopic (exact) mass is 312 g/mol. The summed E-state index contributed by atoms with van der Waals surface area (Å²) in [5, 5.41) is 3.22. The van der Waals surface area contributed by atoms with Crippen molar-refractivity contribution in [2.75, 3.05) is 27.2 Å². The van der Waals surface area contributed by atoms with Crippen LogP contribution in [0, 0.1) is 5.92 Å². The highest BCUT2D eigenvalue weighted by atomic mass is 32.2. The zero-order valence-corrected chi connectivity index (χ0v) is 13.7. The van der Waals surface area contributed by atoms with Gasteiger partial charge in [-0.05, 0) is 57.0 Å². The fourth-order valence-corrected chi connectivity index (χ4v) is 4.27. The standard InChI is InChI=1S/C15H24N2O3S/c1-12(16-2)13-5-4-10-17(11-13)21(18,19)15-8-6-14(20-3)7-9-15/h6-9,12-13,16H,4-5,10-11H2,1-3H3. The predicted octanol–water partition coefficient (Wildman–Crippen LogP) is 1.70. The molecule has 0 amide bonds. The summed E-state index contributed by atoms with van der Waals surface area (Å²) in [7, 11) is 0.0739. The summed E-state index contributed by atoms with van der Waals surface area (Å²) in [5.74, 6) is 1.02. The number of nitrogens with one attached hydrogen (secondary N) is 1. The Morgan fingerprint density at radius 1 is 1.33 bits per heavy atom. The first-order chi connectivity index (χ1) is 9.98. The molecule has 0 aromatic heterocycles. The molecule has 21 heavy (non-hydrogen) atoms. The third-order valence-corrected chi connectivity index (χ3v) is 6.16. The van der Waals surface area contributed by atoms with Crippen LogP contribution in [0.15, 0.2) is 29.2 Å². The number of rotatable bonds is 5. The van der Waals surface area contributed by atoms with E-state index in [1.807, 2.05) is 7.05 Å². The lowest BCUT2D eigenvalue weighted by Crippen LogP contribution is -2.45. The summed E-state index contributed by atoms with van der Waals surface area (Å²) in [5.41, 5.74) is 0. The topological polar surface area (TPSA) is 58.6 Å². The minimum atomic E-state index is -3.41. The van der Waals surface area contributed by atoms with Crippen LogP contribution in [0.4, 0.5) is 0 Å². The number of hydrogen-bond donors (Lipinski definition) is 1. The van der Waals surface area contributed by atoms with Gasteiger partial charge in [-0.3, -0.25) is 0 Å². The van der Waals surface area contributed by atoms with Crippen LogP contribution in [0.25, 0.3) is 0 Å². The molecule has 2 unspecified atom stereocenters. The fourth-order valence-electron chi connectivity index (χ4n) is 2.73. The maximum Gasteiger partial charge on any atom is 0.243 e. The molecule has 1 aromatic rings. The van der Waals surface area contributed by atoms with E-state index in [9.17, 15) is 8.42 Å². The molecule has 1 saturated heterocycles. The van der Waals surface area contributed by atoms with Gasteiger partial charge in [0.1, 0.15) is 5.75 Å². The van der Waals surface area contributed by atoms with Crippen LogP contribution in [0.3, 0.4) is 0 Å². The largest absolute Gasteiger partial charge is 0.497 e. The minimum Gasteiger partial charge on any atom is -0.497 e. The van der Waals surface area contributed by atoms with Crippen LogP contribution >= 0.6 is 0 Å². The second kappa shape index (κ2) is 6.77. The normalized spacial score (nSPS) is 22.0. The molecule has 1 N–H and O–H groups in total. The molecule has 6 heteroatoms. The Kier molecular flexibility index (Phi) is 5.24. The van der Waals surface area contributed by atoms with Gasteiger partial charge in [-0.25, -0.2) is 8.42 Å². The highest BCUT2D eigenvalue weighted by Crippen LogP contribution is 2.26. The van der Waals surface area contributed by atoms with E-state index in [4.69, 9.17) is 4.74 Å². The van der Waals surface area contributed by atoms with Crippen molar-refractivity contribution in [1.82, 2.24) is 9.62 Å². The maximum absolute atomic E-state index is 12.7. The van der Waals surface area contributed by atoms with E-state index >= 15 is 0 Å². The van der Waals surface area contributed by atoms with Gasteiger partial charge in [0.15, 0.2) is 0 Å². The average molecular weight is 312 g/mol. The van der Waals surface area contributed by atoms with Gasteiger partial charge in [-0.1, -0.05) is 0 Å². The first-order valence-electron chi connectivity index (χ1n) is 7.30. The number of nitrogens with zero attached hydrogens (tertiary/aromatic N) is 1. The van der Waals surface area contributed by atoms with E-state index in [1.165, 1.54) is 0 Å². The van der Waals surface area contributed by atoms with Crippen molar-refractivity contribution in [3.63, 3.8) is 0 Å². The van der Waals surface area contributed by atoms with E-state index in [-0.39, 0.29) is 0 Å². The van der Waals surface area contributed by atoms with Crippen LogP contribution in [0.5, 0.6) is 5.75 Å². The van der Waals surface area contributed by atoms with Crippen LogP contribution in [-0.2, 0) is 10.0 Å². The van der Waals surface area contributed by atoms with Crippen molar-refractivity contribution in [2.45, 2.75) is 30.7 Å². The van der Waals surface area contributed by atoms with Gasteiger partial charge in [0.2, 0.25) is 10.0 Å². The van der Waals surface area contributed by atoms with Gasteiger partial charge in [0.25, 0.3) is 0 Å². The Morgan fingerprint density at radius 3 is 2.57 bits per heavy atom. The van der Waals surface area contributed by atoms with Gasteiger partial charge in [-0.15, -0.1) is 0 Å². The van der Waals surface area contributed by atoms with Crippen LogP contribution in [0.1, 0.15) is 19.8 Å². The number of piperidine rings is 1. The Bertz CT molecular complexity index is 557. The van der Waals surface area contributed by atoms with Crippen LogP contribution in [0.2, 0.25) is 0 Å². The number of hydrogen-bond acceptors (Lipinski definition) is 4. The SMILES string of the molecule is CNC(C)C1CCCN(S(=O)(=O)c2ccc(OC)cc2)C1. The van der Waals surface area contributed by atoms with Crippen molar-refractivity contribution < 1.29 is 13.2 Å². The molecular formula is C15H24N2O3S. The summed E-state index contributed by atoms with van der Waals surface area (Å²) in [6.45, 7) is 3.28. The molecule has 118 valence electrons. The van der Waals surface area contributed by atoms with E-state index in [2.05, 4.69) is 12.2 Å². The van der Waals surface area contributed by atoms with Crippen molar-refractivity contribution in [3.05, 3.63) is 24.3 Å². The quantitative estimate of drug-likeness (QED) is 0.899. The molecule has 1 aromatic carbocycles. The Balaban J connectivity index is 2.18. The molecule has 2 atom stereocenters. The molecule has 1 aliphatic rings. The van der Waals surface area contributed by atoms with Crippen molar-refractivity contribution in [1.29, 1.82) is 0 Å². The van der Waals surface area contributed by atoms with E-state index in [0.717, 1.165) is 12.8 Å². The molecule has 0 radical (unpaired) electrons. The van der Waals surface area contributed by atoms with Crippen molar-refractivity contribution in [2.24, 2.45) is 5.92 Å². The summed E-state index contributed by atoms with van der Waals surface area (Å²) < 4.78 is 32.1. The third-order valence-electron chi connectivity index (χ3n) is 4.28. The molecule has 0 aliphatic carbocycles. The Morgan fingerprint density at radius 2 is 2.00 bits per heavy atom. The zero-order valence-electron chi connectivity index (χ0n) is 12.9. The smallest absolute Gasteiger partial charge is 0.243 e. The third kappa shape index (κ3) is 3.56. The molecule has 0 bridgehead atoms. The maximum atomic E-state index is 12.7. The van der Waals surface area contributed by atoms with E-state index in [0.29, 0.717) is 35.7 Å². The Hall–Kier alpha value is -1.11. The van der Waals surface area contributed by atoms with Crippen molar-refractivity contribution >= 4 is 10.0 Å². The summed E-state index contributed by atoms with van der Waals surface area (Å²) in [4.78, 5) is 0.334. The Labute approximate surface area is 127 Å². The highest BCUT2D eigenvalue weighted by Gasteiger charge is 2.31. The molecule has 0 saturated carbocycles. The van der Waals surface area contributed by atoms with Crippen LogP contribution in [-0.4, -0.2) is 46.0 Å². The number of sulfonamides is 1. The minimum absolute atomic E-state index is 0.318. The second-order valence-electron chi connectivity index (χ2n) is 5.52. The second-order valence-corrected chi connectivity index (χ2v) is 7.46. The molecule has 1 fully saturated rings. The van der Waals surface area contributed by atoms with Gasteiger partial charge in [-0.2, -0.15) is 4.31 Å². The number of methoxy groups -OCH3 is 1. The summed E-state index contributed by atoms with van der Waals surface area (Å²) in [6.07, 6.45) is 1.97. The molecule has 1 heterocycles. The fraction of sp³-hybridized carbons (Fsp3) is 0.600. The van der Waals surface area contributed by atoms with Crippen molar-refractivity contribution in [3.8, 4) is 5.75 Å². The average Bonchev–Trinajstić information content (AvgIpc) is 2.54. The van der Waals surface area contributed by atoms with Gasteiger partial charge in [0.05, 0.1) is 12.0 Å². The molecule has 0 spiro atoms. The van der Waals surface area contributed by atoms with Crippen LogP contribution < -0.4 is 10.1 Å². The van der Waals surface area contributed by atoms with Gasteiger partial charge in [0, 0.05) is 19.1 Å². The van der Waals surface area contributed by atoms with Gasteiger partial charge >= 0.3 is 0 Å². The molecular weight excluding hydrogens is 288 g/mol. The lowest BCUT2D eigenvalue weighted by Gasteiger charge is -2.34. The number of benzene rings is 1.